The molecule has 0 amide bonds. The van der Waals surface area contributed by atoms with Crippen LogP contribution in [-0.4, -0.2) is 15.6 Å². The molecule has 1 heterocycles. The zero-order chi connectivity index (χ0) is 15.4. The molecule has 0 saturated heterocycles. The Bertz CT molecular complexity index is 774. The first-order valence-electron chi connectivity index (χ1n) is 7.61. The number of para-hydroxylation sites is 1. The van der Waals surface area contributed by atoms with E-state index in [4.69, 9.17) is 0 Å². The average molecular weight is 293 g/mol. The summed E-state index contributed by atoms with van der Waals surface area (Å²) in [6.07, 6.45) is 4.95. The van der Waals surface area contributed by atoms with E-state index in [1.807, 2.05) is 30.3 Å². The van der Waals surface area contributed by atoms with Gasteiger partial charge in [0.1, 0.15) is 0 Å². The maximum absolute atomic E-state index is 11.3. The highest BCUT2D eigenvalue weighted by Gasteiger charge is 2.13. The molecule has 1 N–H and O–H groups in total. The fourth-order valence-electron chi connectivity index (χ4n) is 2.86. The minimum atomic E-state index is -0.862. The van der Waals surface area contributed by atoms with Gasteiger partial charge in [0.2, 0.25) is 0 Å². The van der Waals surface area contributed by atoms with E-state index in [-0.39, 0.29) is 0 Å². The standard InChI is InChI=1S/C19H19NO2/c21-19(22)17-14-20(18-12-5-4-11-16(17)18)13-7-6-10-15-8-2-1-3-9-15/h1-5,8-9,11-12,14H,6-7,10,13H2,(H,21,22). The Morgan fingerprint density at radius 1 is 0.955 bits per heavy atom. The Morgan fingerprint density at radius 2 is 1.68 bits per heavy atom. The normalized spacial score (nSPS) is 10.9. The van der Waals surface area contributed by atoms with Gasteiger partial charge in [-0.3, -0.25) is 0 Å². The summed E-state index contributed by atoms with van der Waals surface area (Å²) in [6, 6.07) is 18.1. The van der Waals surface area contributed by atoms with Crippen LogP contribution in [0.25, 0.3) is 10.9 Å². The third-order valence-corrected chi connectivity index (χ3v) is 3.98. The summed E-state index contributed by atoms with van der Waals surface area (Å²) in [4.78, 5) is 11.3. The van der Waals surface area contributed by atoms with E-state index < -0.39 is 5.97 Å². The van der Waals surface area contributed by atoms with Gasteiger partial charge < -0.3 is 9.67 Å². The Labute approximate surface area is 129 Å². The summed E-state index contributed by atoms with van der Waals surface area (Å²) >= 11 is 0. The van der Waals surface area contributed by atoms with E-state index in [9.17, 15) is 9.90 Å². The number of hydrogen-bond acceptors (Lipinski definition) is 1. The molecule has 0 unspecified atom stereocenters. The van der Waals surface area contributed by atoms with Gasteiger partial charge in [-0.2, -0.15) is 0 Å². The second-order valence-corrected chi connectivity index (χ2v) is 5.50. The number of aromatic carboxylic acids is 1. The largest absolute Gasteiger partial charge is 0.478 e. The van der Waals surface area contributed by atoms with Crippen molar-refractivity contribution in [2.24, 2.45) is 0 Å². The number of rotatable bonds is 6. The third-order valence-electron chi connectivity index (χ3n) is 3.98. The van der Waals surface area contributed by atoms with E-state index in [0.29, 0.717) is 5.56 Å². The molecule has 0 radical (unpaired) electrons. The van der Waals surface area contributed by atoms with Crippen LogP contribution in [0.2, 0.25) is 0 Å². The fraction of sp³-hybridized carbons (Fsp3) is 0.211. The molecule has 0 fully saturated rings. The molecule has 0 aliphatic rings. The molecule has 3 heteroatoms. The molecule has 0 saturated carbocycles. The number of nitrogens with zero attached hydrogens (tertiary/aromatic N) is 1. The lowest BCUT2D eigenvalue weighted by molar-refractivity contribution is 0.0699. The second-order valence-electron chi connectivity index (χ2n) is 5.50. The molecule has 3 aromatic rings. The van der Waals surface area contributed by atoms with Crippen molar-refractivity contribution in [3.05, 3.63) is 71.9 Å². The highest BCUT2D eigenvalue weighted by Crippen LogP contribution is 2.22. The van der Waals surface area contributed by atoms with E-state index >= 15 is 0 Å². The zero-order valence-electron chi connectivity index (χ0n) is 12.4. The van der Waals surface area contributed by atoms with Crippen molar-refractivity contribution in [3.8, 4) is 0 Å². The van der Waals surface area contributed by atoms with E-state index in [0.717, 1.165) is 36.7 Å². The predicted molar refractivity (Wildman–Crippen MR) is 88.3 cm³/mol. The molecular formula is C19H19NO2. The number of fused-ring (bicyclic) bond motifs is 1. The molecule has 0 spiro atoms. The molecule has 1 aromatic heterocycles. The molecule has 0 bridgehead atoms. The van der Waals surface area contributed by atoms with Crippen molar-refractivity contribution in [2.45, 2.75) is 25.8 Å². The van der Waals surface area contributed by atoms with E-state index in [2.05, 4.69) is 28.8 Å². The van der Waals surface area contributed by atoms with Gasteiger partial charge in [-0.25, -0.2) is 4.79 Å². The van der Waals surface area contributed by atoms with Crippen molar-refractivity contribution >= 4 is 16.9 Å². The topological polar surface area (TPSA) is 42.2 Å². The highest BCUT2D eigenvalue weighted by atomic mass is 16.4. The lowest BCUT2D eigenvalue weighted by Crippen LogP contribution is -1.98. The van der Waals surface area contributed by atoms with Gasteiger partial charge in [-0.05, 0) is 30.9 Å². The summed E-state index contributed by atoms with van der Waals surface area (Å²) in [6.45, 7) is 0.848. The predicted octanol–water partition coefficient (Wildman–Crippen LogP) is 4.36. The molecule has 3 nitrogen and oxygen atoms in total. The lowest BCUT2D eigenvalue weighted by Gasteiger charge is -2.05. The lowest BCUT2D eigenvalue weighted by atomic mass is 10.1. The van der Waals surface area contributed by atoms with Crippen LogP contribution in [0.15, 0.2) is 60.8 Å². The fourth-order valence-corrected chi connectivity index (χ4v) is 2.86. The van der Waals surface area contributed by atoms with Crippen LogP contribution < -0.4 is 0 Å². The Hall–Kier alpha value is -2.55. The first-order chi connectivity index (χ1) is 10.8. The van der Waals surface area contributed by atoms with E-state index in [1.165, 1.54) is 5.56 Å². The second kappa shape index (κ2) is 6.48. The molecule has 22 heavy (non-hydrogen) atoms. The van der Waals surface area contributed by atoms with Crippen molar-refractivity contribution in [3.63, 3.8) is 0 Å². The summed E-state index contributed by atoms with van der Waals surface area (Å²) < 4.78 is 2.06. The quantitative estimate of drug-likeness (QED) is 0.686. The van der Waals surface area contributed by atoms with Gasteiger partial charge in [-0.1, -0.05) is 48.5 Å². The molecule has 0 aliphatic heterocycles. The Morgan fingerprint density at radius 3 is 2.45 bits per heavy atom. The van der Waals surface area contributed by atoms with Crippen LogP contribution in [0.5, 0.6) is 0 Å². The zero-order valence-corrected chi connectivity index (χ0v) is 12.4. The summed E-state index contributed by atoms with van der Waals surface area (Å²) in [7, 11) is 0. The van der Waals surface area contributed by atoms with Crippen LogP contribution in [0.4, 0.5) is 0 Å². The molecule has 2 aromatic carbocycles. The van der Waals surface area contributed by atoms with Gasteiger partial charge in [0.05, 0.1) is 5.56 Å². The number of aromatic nitrogens is 1. The van der Waals surface area contributed by atoms with Crippen LogP contribution in [0.1, 0.15) is 28.8 Å². The third kappa shape index (κ3) is 3.03. The molecule has 3 rings (SSSR count). The molecule has 0 aliphatic carbocycles. The summed E-state index contributed by atoms with van der Waals surface area (Å²) in [5, 5.41) is 10.1. The van der Waals surface area contributed by atoms with Crippen molar-refractivity contribution in [1.29, 1.82) is 0 Å². The monoisotopic (exact) mass is 293 g/mol. The van der Waals surface area contributed by atoms with Crippen LogP contribution >= 0.6 is 0 Å². The van der Waals surface area contributed by atoms with Crippen LogP contribution in [0, 0.1) is 0 Å². The Kier molecular flexibility index (Phi) is 4.24. The van der Waals surface area contributed by atoms with Gasteiger partial charge in [-0.15, -0.1) is 0 Å². The van der Waals surface area contributed by atoms with Crippen molar-refractivity contribution < 1.29 is 9.90 Å². The average Bonchev–Trinajstić information content (AvgIpc) is 2.92. The maximum Gasteiger partial charge on any atom is 0.337 e. The first kappa shape index (κ1) is 14.4. The Balaban J connectivity index is 1.68. The maximum atomic E-state index is 11.3. The van der Waals surface area contributed by atoms with Gasteiger partial charge in [0.15, 0.2) is 0 Å². The smallest absolute Gasteiger partial charge is 0.337 e. The first-order valence-corrected chi connectivity index (χ1v) is 7.61. The number of unbranched alkanes of at least 4 members (excludes halogenated alkanes) is 1. The molecular weight excluding hydrogens is 274 g/mol. The van der Waals surface area contributed by atoms with Crippen molar-refractivity contribution in [2.75, 3.05) is 0 Å². The minimum Gasteiger partial charge on any atom is -0.478 e. The number of hydrogen-bond donors (Lipinski definition) is 1. The minimum absolute atomic E-state index is 0.388. The van der Waals surface area contributed by atoms with Gasteiger partial charge >= 0.3 is 5.97 Å². The van der Waals surface area contributed by atoms with Crippen molar-refractivity contribution in [1.82, 2.24) is 4.57 Å². The number of aryl methyl sites for hydroxylation is 2. The summed E-state index contributed by atoms with van der Waals surface area (Å²) in [5.41, 5.74) is 2.74. The molecule has 112 valence electrons. The number of benzene rings is 2. The van der Waals surface area contributed by atoms with Crippen LogP contribution in [0.3, 0.4) is 0 Å². The number of carboxylic acids is 1. The van der Waals surface area contributed by atoms with Crippen LogP contribution in [-0.2, 0) is 13.0 Å². The molecule has 0 atom stereocenters. The van der Waals surface area contributed by atoms with Gasteiger partial charge in [0, 0.05) is 23.6 Å². The number of carbonyl (C=O) groups is 1. The van der Waals surface area contributed by atoms with Gasteiger partial charge in [0.25, 0.3) is 0 Å². The van der Waals surface area contributed by atoms with E-state index in [1.54, 1.807) is 6.20 Å². The highest BCUT2D eigenvalue weighted by molar-refractivity contribution is 6.03. The number of carboxylic acid groups (broad SMARTS) is 1. The summed E-state index contributed by atoms with van der Waals surface area (Å²) in [5.74, 6) is -0.862. The SMILES string of the molecule is O=C(O)c1cn(CCCCc2ccccc2)c2ccccc12.